The number of anilines is 1. The van der Waals surface area contributed by atoms with Crippen LogP contribution in [0.3, 0.4) is 0 Å². The van der Waals surface area contributed by atoms with Gasteiger partial charge in [-0.3, -0.25) is 0 Å². The summed E-state index contributed by atoms with van der Waals surface area (Å²) in [6.45, 7) is 6.15. The van der Waals surface area contributed by atoms with Gasteiger partial charge in [0.15, 0.2) is 0 Å². The van der Waals surface area contributed by atoms with E-state index in [1.54, 1.807) is 6.33 Å². The van der Waals surface area contributed by atoms with Gasteiger partial charge in [0.1, 0.15) is 12.2 Å². The minimum atomic E-state index is 0.605. The largest absolute Gasteiger partial charge is 0.355 e. The number of rotatable bonds is 6. The van der Waals surface area contributed by atoms with Crippen molar-refractivity contribution in [3.63, 3.8) is 0 Å². The Morgan fingerprint density at radius 2 is 2.22 bits per heavy atom. The fourth-order valence-corrected chi connectivity index (χ4v) is 1.71. The average Bonchev–Trinajstić information content (AvgIpc) is 2.92. The molecule has 18 heavy (non-hydrogen) atoms. The predicted molar refractivity (Wildman–Crippen MR) is 70.3 cm³/mol. The molecule has 0 spiro atoms. The molecular formula is C12H20N6. The van der Waals surface area contributed by atoms with Gasteiger partial charge in [0.25, 0.3) is 0 Å². The summed E-state index contributed by atoms with van der Waals surface area (Å²) in [7, 11) is 1.96. The number of hydrogen-bond acceptors (Lipinski definition) is 4. The van der Waals surface area contributed by atoms with Crippen LogP contribution in [-0.4, -0.2) is 30.9 Å². The third-order valence-corrected chi connectivity index (χ3v) is 2.77. The van der Waals surface area contributed by atoms with E-state index < -0.39 is 0 Å². The van der Waals surface area contributed by atoms with Crippen LogP contribution in [0, 0.1) is 5.92 Å². The fourth-order valence-electron chi connectivity index (χ4n) is 1.71. The van der Waals surface area contributed by atoms with Crippen molar-refractivity contribution in [2.45, 2.75) is 26.8 Å². The Kier molecular flexibility index (Phi) is 3.96. The quantitative estimate of drug-likeness (QED) is 0.837. The van der Waals surface area contributed by atoms with Gasteiger partial charge in [-0.15, -0.1) is 10.2 Å². The standard InChI is InChI=1S/C12H20N6/c1-10(2)8-14-12-13-5-7-18(12)6-4-11-16-15-9-17(11)3/h5,7,9-10H,4,6,8H2,1-3H3,(H,13,14). The second-order valence-electron chi connectivity index (χ2n) is 4.83. The highest BCUT2D eigenvalue weighted by atomic mass is 15.3. The van der Waals surface area contributed by atoms with Gasteiger partial charge >= 0.3 is 0 Å². The third kappa shape index (κ3) is 3.09. The van der Waals surface area contributed by atoms with E-state index in [-0.39, 0.29) is 0 Å². The van der Waals surface area contributed by atoms with Crippen molar-refractivity contribution in [1.29, 1.82) is 0 Å². The zero-order valence-corrected chi connectivity index (χ0v) is 11.2. The van der Waals surface area contributed by atoms with E-state index in [1.807, 2.05) is 24.0 Å². The minimum Gasteiger partial charge on any atom is -0.355 e. The molecule has 0 radical (unpaired) electrons. The molecule has 1 N–H and O–H groups in total. The maximum atomic E-state index is 4.32. The first-order chi connectivity index (χ1) is 8.66. The van der Waals surface area contributed by atoms with Crippen LogP contribution in [0.4, 0.5) is 5.95 Å². The van der Waals surface area contributed by atoms with E-state index in [4.69, 9.17) is 0 Å². The van der Waals surface area contributed by atoms with Crippen LogP contribution in [0.15, 0.2) is 18.7 Å². The number of nitrogens with zero attached hydrogens (tertiary/aromatic N) is 5. The molecule has 2 rings (SSSR count). The lowest BCUT2D eigenvalue weighted by molar-refractivity contribution is 0.638. The molecule has 0 unspecified atom stereocenters. The molecule has 0 saturated heterocycles. The van der Waals surface area contributed by atoms with Gasteiger partial charge in [0.05, 0.1) is 0 Å². The first-order valence-corrected chi connectivity index (χ1v) is 6.24. The summed E-state index contributed by atoms with van der Waals surface area (Å²) in [4.78, 5) is 4.32. The highest BCUT2D eigenvalue weighted by Crippen LogP contribution is 2.07. The van der Waals surface area contributed by atoms with Crippen molar-refractivity contribution in [3.05, 3.63) is 24.5 Å². The summed E-state index contributed by atoms with van der Waals surface area (Å²) in [5, 5.41) is 11.3. The Hall–Kier alpha value is -1.85. The summed E-state index contributed by atoms with van der Waals surface area (Å²) < 4.78 is 4.05. The first-order valence-electron chi connectivity index (χ1n) is 6.24. The number of aryl methyl sites for hydroxylation is 3. The molecule has 0 fully saturated rings. The Morgan fingerprint density at radius 3 is 2.89 bits per heavy atom. The molecule has 6 heteroatoms. The second-order valence-corrected chi connectivity index (χ2v) is 4.83. The number of imidazole rings is 1. The molecular weight excluding hydrogens is 228 g/mol. The van der Waals surface area contributed by atoms with Crippen LogP contribution in [0.25, 0.3) is 0 Å². The van der Waals surface area contributed by atoms with Gasteiger partial charge in [-0.2, -0.15) is 0 Å². The Bertz CT molecular complexity index is 484. The normalized spacial score (nSPS) is 11.1. The highest BCUT2D eigenvalue weighted by Gasteiger charge is 2.05. The van der Waals surface area contributed by atoms with Crippen molar-refractivity contribution in [1.82, 2.24) is 24.3 Å². The predicted octanol–water partition coefficient (Wildman–Crippen LogP) is 1.32. The van der Waals surface area contributed by atoms with Crippen LogP contribution in [-0.2, 0) is 20.0 Å². The summed E-state index contributed by atoms with van der Waals surface area (Å²) in [5.74, 6) is 2.51. The monoisotopic (exact) mass is 248 g/mol. The minimum absolute atomic E-state index is 0.605. The molecule has 6 nitrogen and oxygen atoms in total. The lowest BCUT2D eigenvalue weighted by atomic mass is 10.2. The van der Waals surface area contributed by atoms with Crippen LogP contribution in [0.1, 0.15) is 19.7 Å². The Balaban J connectivity index is 1.93. The highest BCUT2D eigenvalue weighted by molar-refractivity contribution is 5.25. The number of hydrogen-bond donors (Lipinski definition) is 1. The molecule has 0 atom stereocenters. The van der Waals surface area contributed by atoms with E-state index in [0.717, 1.165) is 31.3 Å². The van der Waals surface area contributed by atoms with E-state index >= 15 is 0 Å². The second kappa shape index (κ2) is 5.66. The maximum absolute atomic E-state index is 4.32. The molecule has 0 aliphatic rings. The number of nitrogens with one attached hydrogen (secondary N) is 1. The van der Waals surface area contributed by atoms with Gasteiger partial charge in [0.2, 0.25) is 5.95 Å². The van der Waals surface area contributed by atoms with Crippen molar-refractivity contribution >= 4 is 5.95 Å². The number of aromatic nitrogens is 5. The molecule has 0 aromatic carbocycles. The average molecular weight is 248 g/mol. The van der Waals surface area contributed by atoms with Crippen molar-refractivity contribution < 1.29 is 0 Å². The SMILES string of the molecule is CC(C)CNc1nccn1CCc1nncn1C. The van der Waals surface area contributed by atoms with Crippen LogP contribution < -0.4 is 5.32 Å². The zero-order valence-electron chi connectivity index (χ0n) is 11.2. The van der Waals surface area contributed by atoms with E-state index in [0.29, 0.717) is 5.92 Å². The lowest BCUT2D eigenvalue weighted by Crippen LogP contribution is -2.14. The van der Waals surface area contributed by atoms with Crippen molar-refractivity contribution in [2.75, 3.05) is 11.9 Å². The molecule has 2 aromatic heterocycles. The molecule has 0 aliphatic carbocycles. The van der Waals surface area contributed by atoms with Crippen LogP contribution in [0.2, 0.25) is 0 Å². The molecule has 0 amide bonds. The summed E-state index contributed by atoms with van der Waals surface area (Å²) in [6.07, 6.45) is 6.38. The van der Waals surface area contributed by atoms with Crippen LogP contribution >= 0.6 is 0 Å². The van der Waals surface area contributed by atoms with Crippen LogP contribution in [0.5, 0.6) is 0 Å². The van der Waals surface area contributed by atoms with Crippen molar-refractivity contribution in [3.8, 4) is 0 Å². The van der Waals surface area contributed by atoms with Gasteiger partial charge in [-0.25, -0.2) is 4.98 Å². The van der Waals surface area contributed by atoms with Crippen molar-refractivity contribution in [2.24, 2.45) is 13.0 Å². The van der Waals surface area contributed by atoms with E-state index in [2.05, 4.69) is 38.9 Å². The van der Waals surface area contributed by atoms with Gasteiger partial charge in [0, 0.05) is 39.0 Å². The van der Waals surface area contributed by atoms with Gasteiger partial charge in [-0.05, 0) is 5.92 Å². The summed E-state index contributed by atoms with van der Waals surface area (Å²) in [6, 6.07) is 0. The van der Waals surface area contributed by atoms with Gasteiger partial charge in [-0.1, -0.05) is 13.8 Å². The molecule has 2 aromatic rings. The molecule has 0 bridgehead atoms. The zero-order chi connectivity index (χ0) is 13.0. The maximum Gasteiger partial charge on any atom is 0.202 e. The lowest BCUT2D eigenvalue weighted by Gasteiger charge is -2.11. The third-order valence-electron chi connectivity index (χ3n) is 2.77. The fraction of sp³-hybridized carbons (Fsp3) is 0.583. The molecule has 0 aliphatic heterocycles. The summed E-state index contributed by atoms with van der Waals surface area (Å²) >= 11 is 0. The smallest absolute Gasteiger partial charge is 0.202 e. The topological polar surface area (TPSA) is 60.6 Å². The summed E-state index contributed by atoms with van der Waals surface area (Å²) in [5.41, 5.74) is 0. The van der Waals surface area contributed by atoms with E-state index in [9.17, 15) is 0 Å². The van der Waals surface area contributed by atoms with Gasteiger partial charge < -0.3 is 14.5 Å². The molecule has 98 valence electrons. The first kappa shape index (κ1) is 12.6. The Morgan fingerprint density at radius 1 is 1.39 bits per heavy atom. The molecule has 2 heterocycles. The molecule has 0 saturated carbocycles. The van der Waals surface area contributed by atoms with E-state index in [1.165, 1.54) is 0 Å². The Labute approximate surface area is 107 Å².